The number of imidazole rings is 1. The van der Waals surface area contributed by atoms with Crippen molar-refractivity contribution in [1.29, 1.82) is 0 Å². The molecule has 0 unspecified atom stereocenters. The van der Waals surface area contributed by atoms with E-state index in [0.29, 0.717) is 36.5 Å². The number of fused-ring (bicyclic) bond motifs is 1. The van der Waals surface area contributed by atoms with Crippen LogP contribution in [0.1, 0.15) is 19.8 Å². The number of nitrogens with zero attached hydrogens (tertiary/aromatic N) is 3. The minimum Gasteiger partial charge on any atom is -0.494 e. The highest BCUT2D eigenvalue weighted by Crippen LogP contribution is 2.27. The maximum Gasteiger partial charge on any atom is 0.392 e. The second-order valence-corrected chi connectivity index (χ2v) is 9.25. The third-order valence-corrected chi connectivity index (χ3v) is 5.93. The normalized spacial score (nSPS) is 13.0. The summed E-state index contributed by atoms with van der Waals surface area (Å²) >= 11 is 0. The van der Waals surface area contributed by atoms with Gasteiger partial charge >= 0.3 is 6.18 Å². The molecule has 0 aromatic heterocycles. The lowest BCUT2D eigenvalue weighted by molar-refractivity contribution is -0.125. The molecule has 2 aliphatic heterocycles. The molecule has 0 bridgehead atoms. The van der Waals surface area contributed by atoms with E-state index in [1.165, 1.54) is 25.3 Å². The second kappa shape index (κ2) is 15.1. The fourth-order valence-electron chi connectivity index (χ4n) is 3.79. The number of halogens is 5. The Bertz CT molecular complexity index is 1480. The lowest BCUT2D eigenvalue weighted by Gasteiger charge is -2.09. The number of hydrogen-bond acceptors (Lipinski definition) is 4. The van der Waals surface area contributed by atoms with Gasteiger partial charge in [0.15, 0.2) is 17.5 Å². The van der Waals surface area contributed by atoms with Crippen LogP contribution in [-0.2, 0) is 16.0 Å². The molecule has 0 radical (unpaired) electrons. The number of rotatable bonds is 14. The van der Waals surface area contributed by atoms with Crippen molar-refractivity contribution in [3.63, 3.8) is 0 Å². The van der Waals surface area contributed by atoms with Crippen LogP contribution >= 0.6 is 0 Å². The highest BCUT2D eigenvalue weighted by molar-refractivity contribution is 5.66. The maximum absolute atomic E-state index is 14.2. The fraction of sp³-hybridized carbons (Fsp3) is 0.250. The number of pyridine rings is 1. The summed E-state index contributed by atoms with van der Waals surface area (Å²) in [4.78, 5) is 8.66. The predicted octanol–water partition coefficient (Wildman–Crippen LogP) is 8.39. The molecule has 0 saturated carbocycles. The Balaban J connectivity index is 1.66. The summed E-state index contributed by atoms with van der Waals surface area (Å²) in [6.45, 7) is 11.0. The van der Waals surface area contributed by atoms with Gasteiger partial charge in [-0.2, -0.15) is 13.2 Å². The quantitative estimate of drug-likeness (QED) is 0.0825. The van der Waals surface area contributed by atoms with Crippen LogP contribution in [0.3, 0.4) is 0 Å². The predicted molar refractivity (Wildman–Crippen MR) is 154 cm³/mol. The van der Waals surface area contributed by atoms with E-state index in [4.69, 9.17) is 9.47 Å². The van der Waals surface area contributed by atoms with E-state index in [2.05, 4.69) is 23.1 Å². The molecule has 0 spiro atoms. The third kappa shape index (κ3) is 9.66. The lowest BCUT2D eigenvalue weighted by atomic mass is 10.1. The van der Waals surface area contributed by atoms with E-state index in [1.54, 1.807) is 36.7 Å². The second-order valence-electron chi connectivity index (χ2n) is 9.25. The molecule has 0 N–H and O–H groups in total. The Morgan fingerprint density at radius 1 is 1.00 bits per heavy atom. The highest BCUT2D eigenvalue weighted by atomic mass is 19.4. The number of alkyl halides is 3. The topological polar surface area (TPSA) is 49.2 Å². The van der Waals surface area contributed by atoms with Crippen LogP contribution in [0, 0.1) is 11.6 Å². The van der Waals surface area contributed by atoms with Crippen LogP contribution in [0.15, 0.2) is 109 Å². The van der Waals surface area contributed by atoms with Gasteiger partial charge in [-0.25, -0.2) is 18.7 Å². The fourth-order valence-corrected chi connectivity index (χ4v) is 3.79. The summed E-state index contributed by atoms with van der Waals surface area (Å²) in [6, 6.07) is 5.58. The van der Waals surface area contributed by atoms with Crippen LogP contribution in [0.2, 0.25) is 0 Å². The summed E-state index contributed by atoms with van der Waals surface area (Å²) in [5.74, 6) is -1.78. The van der Waals surface area contributed by atoms with Gasteiger partial charge < -0.3 is 14.0 Å². The number of ether oxygens (including phenoxy) is 2. The van der Waals surface area contributed by atoms with E-state index < -0.39 is 24.2 Å². The standard InChI is InChI=1S/C32H32F5N3O2/c1-5-24(23(3)11-13-25(14-16-32(35,36)37)42-19-7-18-41-4)12-10-22(2)20-40-17-15-28-29(21-40)39-31(38-28)26-8-6-9-27(33)30(26)34/h5-6,8-15,17,21H,2-3,7,16,18-20H2,1,4H3/b12-10-,13-11-,24-5+,25-14+. The van der Waals surface area contributed by atoms with E-state index in [-0.39, 0.29) is 23.8 Å². The van der Waals surface area contributed by atoms with Crippen molar-refractivity contribution in [2.45, 2.75) is 32.5 Å². The van der Waals surface area contributed by atoms with Crippen molar-refractivity contribution in [3.8, 4) is 22.8 Å². The van der Waals surface area contributed by atoms with Gasteiger partial charge in [0.05, 0.1) is 24.3 Å². The third-order valence-electron chi connectivity index (χ3n) is 5.93. The number of methoxy groups -OCH3 is 1. The smallest absolute Gasteiger partial charge is 0.392 e. The van der Waals surface area contributed by atoms with Crippen LogP contribution in [0.4, 0.5) is 22.0 Å². The van der Waals surface area contributed by atoms with Gasteiger partial charge in [0.25, 0.3) is 0 Å². The molecular formula is C32H32F5N3O2. The molecule has 0 saturated heterocycles. The van der Waals surface area contributed by atoms with Crippen molar-refractivity contribution in [1.82, 2.24) is 14.5 Å². The molecule has 10 heteroatoms. The Kier molecular flexibility index (Phi) is 11.6. The molecule has 0 fully saturated rings. The van der Waals surface area contributed by atoms with Crippen molar-refractivity contribution in [3.05, 3.63) is 120 Å². The minimum atomic E-state index is -4.34. The minimum absolute atomic E-state index is 0.0149. The number of hydrogen-bond donors (Lipinski definition) is 0. The largest absolute Gasteiger partial charge is 0.494 e. The molecule has 42 heavy (non-hydrogen) atoms. The molecular weight excluding hydrogens is 553 g/mol. The zero-order valence-electron chi connectivity index (χ0n) is 23.4. The first-order valence-corrected chi connectivity index (χ1v) is 13.1. The van der Waals surface area contributed by atoms with Crippen molar-refractivity contribution >= 4 is 0 Å². The molecule has 2 aliphatic rings. The molecule has 2 heterocycles. The van der Waals surface area contributed by atoms with E-state index >= 15 is 0 Å². The average Bonchev–Trinajstić information content (AvgIpc) is 3.36. The molecule has 1 aromatic rings. The first kappa shape index (κ1) is 32.2. The summed E-state index contributed by atoms with van der Waals surface area (Å²) in [6.07, 6.45) is 8.08. The summed E-state index contributed by atoms with van der Waals surface area (Å²) in [5, 5.41) is 0. The van der Waals surface area contributed by atoms with Gasteiger partial charge in [0.2, 0.25) is 0 Å². The summed E-state index contributed by atoms with van der Waals surface area (Å²) < 4.78 is 78.3. The molecule has 5 nitrogen and oxygen atoms in total. The van der Waals surface area contributed by atoms with Gasteiger partial charge in [0, 0.05) is 39.1 Å². The molecule has 0 atom stereocenters. The highest BCUT2D eigenvalue weighted by Gasteiger charge is 2.25. The van der Waals surface area contributed by atoms with Crippen LogP contribution in [0.5, 0.6) is 0 Å². The van der Waals surface area contributed by atoms with Crippen LogP contribution in [0.25, 0.3) is 22.8 Å². The monoisotopic (exact) mass is 585 g/mol. The number of benzene rings is 1. The van der Waals surface area contributed by atoms with Gasteiger partial charge in [-0.15, -0.1) is 0 Å². The maximum atomic E-state index is 14.2. The van der Waals surface area contributed by atoms with Gasteiger partial charge in [0.1, 0.15) is 11.5 Å². The summed E-state index contributed by atoms with van der Waals surface area (Å²) in [5.41, 5.74) is 3.08. The molecule has 3 rings (SSSR count). The SMILES string of the molecule is C=C(/C=C\C(=C/C)C(=C)/C=C\C(=C/CC(F)(F)F)OCCCOC)Cn1ccc2nc(-c3cccc(F)c3F)nc-2c1. The number of allylic oxidation sites excluding steroid dienone is 9. The summed E-state index contributed by atoms with van der Waals surface area (Å²) in [7, 11) is 1.54. The molecule has 1 aromatic carbocycles. The first-order valence-electron chi connectivity index (χ1n) is 13.1. The molecule has 222 valence electrons. The zero-order valence-corrected chi connectivity index (χ0v) is 23.4. The van der Waals surface area contributed by atoms with Gasteiger partial charge in [-0.1, -0.05) is 43.5 Å². The Morgan fingerprint density at radius 3 is 2.48 bits per heavy atom. The average molecular weight is 586 g/mol. The van der Waals surface area contributed by atoms with Gasteiger partial charge in [-0.05, 0) is 54.0 Å². The van der Waals surface area contributed by atoms with Crippen molar-refractivity contribution < 1.29 is 31.4 Å². The van der Waals surface area contributed by atoms with Crippen LogP contribution < -0.4 is 0 Å². The Hall–Kier alpha value is -4.31. The Morgan fingerprint density at radius 2 is 1.76 bits per heavy atom. The molecule has 0 amide bonds. The first-order chi connectivity index (χ1) is 20.0. The number of aromatic nitrogens is 3. The van der Waals surface area contributed by atoms with E-state index in [9.17, 15) is 22.0 Å². The van der Waals surface area contributed by atoms with Crippen molar-refractivity contribution in [2.24, 2.45) is 0 Å². The molecule has 0 aliphatic carbocycles. The van der Waals surface area contributed by atoms with Gasteiger partial charge in [-0.3, -0.25) is 0 Å². The van der Waals surface area contributed by atoms with E-state index in [1.807, 2.05) is 17.6 Å². The Labute approximate surface area is 242 Å². The van der Waals surface area contributed by atoms with Crippen molar-refractivity contribution in [2.75, 3.05) is 20.3 Å². The zero-order chi connectivity index (χ0) is 30.7. The van der Waals surface area contributed by atoms with Crippen LogP contribution in [-0.4, -0.2) is 41.0 Å². The lowest BCUT2D eigenvalue weighted by Crippen LogP contribution is -2.06. The van der Waals surface area contributed by atoms with E-state index in [0.717, 1.165) is 23.3 Å².